The summed E-state index contributed by atoms with van der Waals surface area (Å²) in [5, 5.41) is 8.24. The number of benzene rings is 1. The van der Waals surface area contributed by atoms with Crippen LogP contribution in [-0.2, 0) is 0 Å². The lowest BCUT2D eigenvalue weighted by Crippen LogP contribution is -2.06. The molecule has 0 spiro atoms. The van der Waals surface area contributed by atoms with E-state index in [1.807, 2.05) is 66.0 Å². The van der Waals surface area contributed by atoms with E-state index in [4.69, 9.17) is 5.10 Å². The molecule has 2 heterocycles. The Morgan fingerprint density at radius 3 is 2.64 bits per heavy atom. The second-order valence-corrected chi connectivity index (χ2v) is 7.78. The van der Waals surface area contributed by atoms with Gasteiger partial charge >= 0.3 is 0 Å². The third kappa shape index (κ3) is 4.44. The molecule has 3 rings (SSSR count). The van der Waals surface area contributed by atoms with E-state index in [1.165, 1.54) is 0 Å². The number of anilines is 1. The van der Waals surface area contributed by atoms with Gasteiger partial charge in [-0.2, -0.15) is 5.10 Å². The maximum Gasteiger partial charge on any atom is 0.191 e. The van der Waals surface area contributed by atoms with Crippen molar-refractivity contribution in [3.8, 4) is 11.3 Å². The number of carbonyl (C=O) groups excluding carboxylic acids is 1. The minimum atomic E-state index is -0.0627. The number of fused-ring (bicyclic) bond motifs is 1. The van der Waals surface area contributed by atoms with Crippen LogP contribution in [0.4, 0.5) is 5.82 Å². The molecule has 0 fully saturated rings. The molecule has 0 amide bonds. The highest BCUT2D eigenvalue weighted by Gasteiger charge is 2.20. The molecule has 0 bridgehead atoms. The van der Waals surface area contributed by atoms with Crippen LogP contribution in [0.1, 0.15) is 30.1 Å². The lowest BCUT2D eigenvalue weighted by Gasteiger charge is -2.07. The quantitative estimate of drug-likeness (QED) is 0.295. The van der Waals surface area contributed by atoms with Crippen LogP contribution < -0.4 is 5.32 Å². The standard InChI is InChI=1S/C22H25BrN4O/c1-4-5-14-24-20-8-6-7-18-21(19(28)13-15-26(2)3)22(25-27(18)20)16-9-11-17(23)12-10-16/h6-13,15,24H,4-5,14H2,1-3H3. The van der Waals surface area contributed by atoms with Crippen LogP contribution in [0.3, 0.4) is 0 Å². The van der Waals surface area contributed by atoms with Crippen molar-refractivity contribution in [2.45, 2.75) is 19.8 Å². The van der Waals surface area contributed by atoms with Crippen LogP contribution in [0.5, 0.6) is 0 Å². The Morgan fingerprint density at radius 2 is 1.96 bits per heavy atom. The van der Waals surface area contributed by atoms with Crippen molar-refractivity contribution in [2.24, 2.45) is 0 Å². The average Bonchev–Trinajstić information content (AvgIpc) is 3.07. The molecular weight excluding hydrogens is 416 g/mol. The van der Waals surface area contributed by atoms with Crippen molar-refractivity contribution in [3.05, 3.63) is 64.8 Å². The van der Waals surface area contributed by atoms with Crippen LogP contribution in [-0.4, -0.2) is 40.9 Å². The van der Waals surface area contributed by atoms with Crippen molar-refractivity contribution in [2.75, 3.05) is 26.0 Å². The molecule has 0 saturated heterocycles. The zero-order valence-corrected chi connectivity index (χ0v) is 18.0. The summed E-state index contributed by atoms with van der Waals surface area (Å²) in [6.07, 6.45) is 5.55. The highest BCUT2D eigenvalue weighted by atomic mass is 79.9. The van der Waals surface area contributed by atoms with Gasteiger partial charge in [0.15, 0.2) is 5.78 Å². The highest BCUT2D eigenvalue weighted by molar-refractivity contribution is 9.10. The zero-order valence-electron chi connectivity index (χ0n) is 16.4. The molecule has 1 aromatic carbocycles. The predicted molar refractivity (Wildman–Crippen MR) is 119 cm³/mol. The molecule has 5 nitrogen and oxygen atoms in total. The third-order valence-corrected chi connectivity index (χ3v) is 4.91. The Bertz CT molecular complexity index is 990. The Labute approximate surface area is 174 Å². The van der Waals surface area contributed by atoms with Gasteiger partial charge < -0.3 is 10.2 Å². The van der Waals surface area contributed by atoms with E-state index >= 15 is 0 Å². The van der Waals surface area contributed by atoms with Crippen LogP contribution in [0, 0.1) is 0 Å². The van der Waals surface area contributed by atoms with Gasteiger partial charge in [-0.15, -0.1) is 0 Å². The molecule has 0 saturated carbocycles. The largest absolute Gasteiger partial charge is 0.383 e. The summed E-state index contributed by atoms with van der Waals surface area (Å²) in [5.41, 5.74) is 3.01. The van der Waals surface area contributed by atoms with Gasteiger partial charge in [-0.25, -0.2) is 4.52 Å². The van der Waals surface area contributed by atoms with Crippen molar-refractivity contribution in [3.63, 3.8) is 0 Å². The molecule has 146 valence electrons. The number of pyridine rings is 1. The number of ketones is 1. The van der Waals surface area contributed by atoms with E-state index in [0.29, 0.717) is 11.3 Å². The van der Waals surface area contributed by atoms with Crippen molar-refractivity contribution < 1.29 is 4.79 Å². The normalized spacial score (nSPS) is 11.3. The average molecular weight is 441 g/mol. The summed E-state index contributed by atoms with van der Waals surface area (Å²) in [6.45, 7) is 3.03. The Hall–Kier alpha value is -2.60. The minimum absolute atomic E-state index is 0.0627. The van der Waals surface area contributed by atoms with Crippen molar-refractivity contribution in [1.82, 2.24) is 14.5 Å². The van der Waals surface area contributed by atoms with Crippen molar-refractivity contribution >= 4 is 33.0 Å². The lowest BCUT2D eigenvalue weighted by molar-refractivity contribution is 0.104. The minimum Gasteiger partial charge on any atom is -0.383 e. The molecule has 0 radical (unpaired) electrons. The Morgan fingerprint density at radius 1 is 1.21 bits per heavy atom. The number of carbonyl (C=O) groups is 1. The summed E-state index contributed by atoms with van der Waals surface area (Å²) in [4.78, 5) is 14.9. The first kappa shape index (κ1) is 20.1. The SMILES string of the molecule is CCCCNc1cccc2c(C(=O)C=CN(C)C)c(-c3ccc(Br)cc3)nn12. The number of rotatable bonds is 8. The van der Waals surface area contributed by atoms with E-state index in [0.717, 1.165) is 40.8 Å². The molecule has 1 N–H and O–H groups in total. The maximum atomic E-state index is 13.1. The maximum absolute atomic E-state index is 13.1. The third-order valence-electron chi connectivity index (χ3n) is 4.38. The first-order chi connectivity index (χ1) is 13.5. The van der Waals surface area contributed by atoms with E-state index in [2.05, 4.69) is 28.2 Å². The predicted octanol–water partition coefficient (Wildman–Crippen LogP) is 5.23. The van der Waals surface area contributed by atoms with Crippen LogP contribution in [0.15, 0.2) is 59.2 Å². The van der Waals surface area contributed by atoms with Gasteiger partial charge in [0, 0.05) is 43.0 Å². The second kappa shape index (κ2) is 9.06. The fraction of sp³-hybridized carbons (Fsp3) is 0.273. The monoisotopic (exact) mass is 440 g/mol. The second-order valence-electron chi connectivity index (χ2n) is 6.86. The first-order valence-corrected chi connectivity index (χ1v) is 10.2. The number of unbranched alkanes of at least 4 members (excludes halogenated alkanes) is 1. The van der Waals surface area contributed by atoms with Gasteiger partial charge in [0.25, 0.3) is 0 Å². The van der Waals surface area contributed by atoms with E-state index in [9.17, 15) is 4.79 Å². The zero-order chi connectivity index (χ0) is 20.1. The number of halogens is 1. The summed E-state index contributed by atoms with van der Waals surface area (Å²) in [5.74, 6) is 0.826. The van der Waals surface area contributed by atoms with Gasteiger partial charge in [-0.3, -0.25) is 4.79 Å². The molecule has 3 aromatic rings. The molecule has 0 aliphatic heterocycles. The molecule has 28 heavy (non-hydrogen) atoms. The van der Waals surface area contributed by atoms with Crippen LogP contribution in [0.25, 0.3) is 16.8 Å². The summed E-state index contributed by atoms with van der Waals surface area (Å²) in [6, 6.07) is 13.8. The van der Waals surface area contributed by atoms with Crippen molar-refractivity contribution in [1.29, 1.82) is 0 Å². The first-order valence-electron chi connectivity index (χ1n) is 9.41. The highest BCUT2D eigenvalue weighted by Crippen LogP contribution is 2.30. The Kier molecular flexibility index (Phi) is 6.52. The van der Waals surface area contributed by atoms with Gasteiger partial charge in [0.2, 0.25) is 0 Å². The molecule has 0 unspecified atom stereocenters. The van der Waals surface area contributed by atoms with Crippen LogP contribution in [0.2, 0.25) is 0 Å². The number of hydrogen-bond donors (Lipinski definition) is 1. The number of hydrogen-bond acceptors (Lipinski definition) is 4. The van der Waals surface area contributed by atoms with Gasteiger partial charge in [0.1, 0.15) is 11.5 Å². The Balaban J connectivity index is 2.15. The lowest BCUT2D eigenvalue weighted by atomic mass is 10.0. The number of aromatic nitrogens is 2. The smallest absolute Gasteiger partial charge is 0.191 e. The topological polar surface area (TPSA) is 49.6 Å². The fourth-order valence-electron chi connectivity index (χ4n) is 2.95. The van der Waals surface area contributed by atoms with E-state index in [1.54, 1.807) is 12.3 Å². The summed E-state index contributed by atoms with van der Waals surface area (Å²) < 4.78 is 2.83. The van der Waals surface area contributed by atoms with Crippen LogP contribution >= 0.6 is 15.9 Å². The molecule has 2 aromatic heterocycles. The molecule has 0 aliphatic rings. The van der Waals surface area contributed by atoms with Gasteiger partial charge in [-0.05, 0) is 30.7 Å². The summed E-state index contributed by atoms with van der Waals surface area (Å²) in [7, 11) is 3.79. The molecular formula is C22H25BrN4O. The summed E-state index contributed by atoms with van der Waals surface area (Å²) >= 11 is 3.47. The van der Waals surface area contributed by atoms with E-state index < -0.39 is 0 Å². The molecule has 0 aliphatic carbocycles. The van der Waals surface area contributed by atoms with E-state index in [-0.39, 0.29) is 5.78 Å². The number of allylic oxidation sites excluding steroid dienone is 1. The van der Waals surface area contributed by atoms with Gasteiger partial charge in [-0.1, -0.05) is 47.5 Å². The van der Waals surface area contributed by atoms with Gasteiger partial charge in [0.05, 0.1) is 11.1 Å². The molecule has 6 heteroatoms. The molecule has 0 atom stereocenters. The fourth-order valence-corrected chi connectivity index (χ4v) is 3.21. The number of nitrogens with zero attached hydrogens (tertiary/aromatic N) is 3. The number of nitrogens with one attached hydrogen (secondary N) is 1.